The number of rotatable bonds is 2. The van der Waals surface area contributed by atoms with Crippen molar-refractivity contribution in [3.63, 3.8) is 0 Å². The van der Waals surface area contributed by atoms with Gasteiger partial charge in [0.1, 0.15) is 0 Å². The van der Waals surface area contributed by atoms with Gasteiger partial charge in [-0.25, -0.2) is 0 Å². The van der Waals surface area contributed by atoms with Gasteiger partial charge in [0.15, 0.2) is 0 Å². The van der Waals surface area contributed by atoms with E-state index < -0.39 is 0 Å². The average Bonchev–Trinajstić information content (AvgIpc) is 2.48. The molecule has 1 atom stereocenters. The van der Waals surface area contributed by atoms with Gasteiger partial charge in [-0.1, -0.05) is 24.6 Å². The van der Waals surface area contributed by atoms with Crippen LogP contribution in [0.25, 0.3) is 10.9 Å². The van der Waals surface area contributed by atoms with Crippen molar-refractivity contribution in [1.82, 2.24) is 9.88 Å². The molecule has 0 aliphatic carbocycles. The molecule has 3 rings (SSSR count). The monoisotopic (exact) mass is 269 g/mol. The van der Waals surface area contributed by atoms with Crippen LogP contribution in [0.3, 0.4) is 0 Å². The molecule has 1 aromatic carbocycles. The van der Waals surface area contributed by atoms with Crippen LogP contribution in [-0.2, 0) is 4.79 Å². The van der Waals surface area contributed by atoms with E-state index in [1.807, 2.05) is 37.4 Å². The van der Waals surface area contributed by atoms with Crippen molar-refractivity contribution in [2.24, 2.45) is 0 Å². The van der Waals surface area contributed by atoms with Gasteiger partial charge in [-0.05, 0) is 38.6 Å². The summed E-state index contributed by atoms with van der Waals surface area (Å²) in [6, 6.07) is 9.75. The van der Waals surface area contributed by atoms with Gasteiger partial charge in [0, 0.05) is 11.6 Å². The molecule has 4 nitrogen and oxygen atoms in total. The van der Waals surface area contributed by atoms with Crippen molar-refractivity contribution < 1.29 is 4.79 Å². The fraction of sp³-hybridized carbons (Fsp3) is 0.375. The van der Waals surface area contributed by atoms with Crippen molar-refractivity contribution in [1.29, 1.82) is 0 Å². The highest BCUT2D eigenvalue weighted by Gasteiger charge is 2.26. The van der Waals surface area contributed by atoms with Crippen LogP contribution in [0.1, 0.15) is 19.3 Å². The van der Waals surface area contributed by atoms with Crippen LogP contribution in [0, 0.1) is 0 Å². The van der Waals surface area contributed by atoms with Gasteiger partial charge in [-0.15, -0.1) is 0 Å². The summed E-state index contributed by atoms with van der Waals surface area (Å²) in [5, 5.41) is 4.09. The molecule has 4 heteroatoms. The quantitative estimate of drug-likeness (QED) is 0.911. The Hall–Kier alpha value is -1.94. The third-order valence-electron chi connectivity index (χ3n) is 3.96. The molecular formula is C16H19N3O. The van der Waals surface area contributed by atoms with Crippen molar-refractivity contribution in [2.75, 3.05) is 18.9 Å². The molecular weight excluding hydrogens is 250 g/mol. The van der Waals surface area contributed by atoms with Gasteiger partial charge in [-0.2, -0.15) is 0 Å². The molecule has 20 heavy (non-hydrogen) atoms. The number of nitrogens with zero attached hydrogens (tertiary/aromatic N) is 2. The zero-order chi connectivity index (χ0) is 13.9. The summed E-state index contributed by atoms with van der Waals surface area (Å²) in [5.41, 5.74) is 1.65. The van der Waals surface area contributed by atoms with Gasteiger partial charge >= 0.3 is 0 Å². The Morgan fingerprint density at radius 2 is 2.15 bits per heavy atom. The van der Waals surface area contributed by atoms with Crippen LogP contribution >= 0.6 is 0 Å². The minimum absolute atomic E-state index is 0.0253. The van der Waals surface area contributed by atoms with E-state index >= 15 is 0 Å². The molecule has 1 aliphatic rings. The van der Waals surface area contributed by atoms with Crippen LogP contribution in [0.2, 0.25) is 0 Å². The van der Waals surface area contributed by atoms with Crippen molar-refractivity contribution >= 4 is 22.5 Å². The van der Waals surface area contributed by atoms with Crippen LogP contribution < -0.4 is 5.32 Å². The number of likely N-dealkylation sites (tertiary alicyclic amines) is 1. The summed E-state index contributed by atoms with van der Waals surface area (Å²) in [6.45, 7) is 0.992. The highest BCUT2D eigenvalue weighted by atomic mass is 16.2. The first-order chi connectivity index (χ1) is 9.75. The van der Waals surface area contributed by atoms with Crippen LogP contribution in [0.4, 0.5) is 5.69 Å². The molecule has 0 bridgehead atoms. The first-order valence-electron chi connectivity index (χ1n) is 7.10. The Balaban J connectivity index is 1.84. The van der Waals surface area contributed by atoms with E-state index in [4.69, 9.17) is 0 Å². The summed E-state index contributed by atoms with van der Waals surface area (Å²) in [4.78, 5) is 18.9. The van der Waals surface area contributed by atoms with Gasteiger partial charge < -0.3 is 5.32 Å². The van der Waals surface area contributed by atoms with E-state index in [0.29, 0.717) is 0 Å². The molecule has 0 unspecified atom stereocenters. The fourth-order valence-electron chi connectivity index (χ4n) is 2.83. The number of aromatic nitrogens is 1. The number of nitrogens with one attached hydrogen (secondary N) is 1. The molecule has 1 aliphatic heterocycles. The minimum atomic E-state index is -0.0253. The fourth-order valence-corrected chi connectivity index (χ4v) is 2.83. The van der Waals surface area contributed by atoms with Crippen LogP contribution in [0.15, 0.2) is 36.5 Å². The summed E-state index contributed by atoms with van der Waals surface area (Å²) in [6.07, 6.45) is 4.98. The smallest absolute Gasteiger partial charge is 0.241 e. The topological polar surface area (TPSA) is 45.2 Å². The Morgan fingerprint density at radius 1 is 1.30 bits per heavy atom. The zero-order valence-electron chi connectivity index (χ0n) is 11.7. The molecule has 1 saturated heterocycles. The third kappa shape index (κ3) is 2.51. The lowest BCUT2D eigenvalue weighted by Crippen LogP contribution is -2.44. The van der Waals surface area contributed by atoms with Crippen LogP contribution in [-0.4, -0.2) is 35.4 Å². The Bertz CT molecular complexity index is 621. The molecule has 2 aromatic rings. The van der Waals surface area contributed by atoms with Crippen molar-refractivity contribution in [2.45, 2.75) is 25.3 Å². The summed E-state index contributed by atoms with van der Waals surface area (Å²) >= 11 is 0. The summed E-state index contributed by atoms with van der Waals surface area (Å²) in [5.74, 6) is 0.0744. The number of likely N-dealkylation sites (N-methyl/N-ethyl adjacent to an activating group) is 1. The second-order valence-electron chi connectivity index (χ2n) is 5.36. The Morgan fingerprint density at radius 3 is 3.00 bits per heavy atom. The van der Waals surface area contributed by atoms with Gasteiger partial charge in [0.05, 0.1) is 17.2 Å². The number of hydrogen-bond acceptors (Lipinski definition) is 3. The van der Waals surface area contributed by atoms with E-state index in [2.05, 4.69) is 15.2 Å². The molecule has 1 N–H and O–H groups in total. The number of amides is 1. The van der Waals surface area contributed by atoms with Crippen molar-refractivity contribution in [3.8, 4) is 0 Å². The molecule has 104 valence electrons. The van der Waals surface area contributed by atoms with E-state index in [1.54, 1.807) is 6.20 Å². The molecule has 1 fully saturated rings. The van der Waals surface area contributed by atoms with E-state index in [0.717, 1.165) is 36.0 Å². The van der Waals surface area contributed by atoms with Gasteiger partial charge in [0.25, 0.3) is 0 Å². The minimum Gasteiger partial charge on any atom is -0.323 e. The number of hydrogen-bond donors (Lipinski definition) is 1. The standard InChI is InChI=1S/C16H19N3O/c1-19-11-3-2-9-14(19)16(20)18-13-8-4-6-12-7-5-10-17-15(12)13/h4-8,10,14H,2-3,9,11H2,1H3,(H,18,20)/t14-/m0/s1. The first kappa shape index (κ1) is 13.1. The molecule has 0 saturated carbocycles. The molecule has 0 spiro atoms. The lowest BCUT2D eigenvalue weighted by molar-refractivity contribution is -0.121. The SMILES string of the molecule is CN1CCCC[C@H]1C(=O)Nc1cccc2cccnc12. The highest BCUT2D eigenvalue weighted by Crippen LogP contribution is 2.22. The number of benzene rings is 1. The van der Waals surface area contributed by atoms with Gasteiger partial charge in [0.2, 0.25) is 5.91 Å². The number of fused-ring (bicyclic) bond motifs is 1. The predicted molar refractivity (Wildman–Crippen MR) is 80.6 cm³/mol. The molecule has 2 heterocycles. The number of carbonyl (C=O) groups excluding carboxylic acids is 1. The number of carbonyl (C=O) groups is 1. The van der Waals surface area contributed by atoms with Crippen LogP contribution in [0.5, 0.6) is 0 Å². The summed E-state index contributed by atoms with van der Waals surface area (Å²) in [7, 11) is 2.02. The average molecular weight is 269 g/mol. The van der Waals surface area contributed by atoms with Gasteiger partial charge in [-0.3, -0.25) is 14.7 Å². The number of piperidine rings is 1. The molecule has 1 aromatic heterocycles. The third-order valence-corrected chi connectivity index (χ3v) is 3.96. The highest BCUT2D eigenvalue weighted by molar-refractivity contribution is 6.02. The summed E-state index contributed by atoms with van der Waals surface area (Å²) < 4.78 is 0. The Labute approximate surface area is 118 Å². The van der Waals surface area contributed by atoms with E-state index in [-0.39, 0.29) is 11.9 Å². The largest absolute Gasteiger partial charge is 0.323 e. The molecule has 0 radical (unpaired) electrons. The zero-order valence-corrected chi connectivity index (χ0v) is 11.7. The first-order valence-corrected chi connectivity index (χ1v) is 7.10. The predicted octanol–water partition coefficient (Wildman–Crippen LogP) is 2.66. The molecule has 1 amide bonds. The van der Waals surface area contributed by atoms with E-state index in [1.165, 1.54) is 6.42 Å². The van der Waals surface area contributed by atoms with E-state index in [9.17, 15) is 4.79 Å². The lowest BCUT2D eigenvalue weighted by atomic mass is 10.0. The Kier molecular flexibility index (Phi) is 3.65. The number of anilines is 1. The normalized spacial score (nSPS) is 19.9. The number of para-hydroxylation sites is 1. The number of pyridine rings is 1. The van der Waals surface area contributed by atoms with Crippen molar-refractivity contribution in [3.05, 3.63) is 36.5 Å². The maximum Gasteiger partial charge on any atom is 0.241 e. The maximum atomic E-state index is 12.4. The lowest BCUT2D eigenvalue weighted by Gasteiger charge is -2.31. The maximum absolute atomic E-state index is 12.4. The second-order valence-corrected chi connectivity index (χ2v) is 5.36. The second kappa shape index (κ2) is 5.59.